The fourth-order valence-electron chi connectivity index (χ4n) is 4.62. The van der Waals surface area contributed by atoms with Gasteiger partial charge in [0.15, 0.2) is 5.54 Å². The molecule has 8 nitrogen and oxygen atoms in total. The van der Waals surface area contributed by atoms with Gasteiger partial charge >= 0.3 is 0 Å². The largest absolute Gasteiger partial charge is 0.507 e. The highest BCUT2D eigenvalue weighted by atomic mass is 16.3. The summed E-state index contributed by atoms with van der Waals surface area (Å²) in [5.41, 5.74) is -1.12. The summed E-state index contributed by atoms with van der Waals surface area (Å²) in [5, 5.41) is 21.5. The molecule has 8 heteroatoms. The number of likely N-dealkylation sites (N-methyl/N-ethyl adjacent to an activating group) is 1. The molecule has 2 aromatic carbocycles. The quantitative estimate of drug-likeness (QED) is 0.423. The van der Waals surface area contributed by atoms with E-state index in [9.17, 15) is 24.6 Å². The molecule has 1 saturated heterocycles. The molecular weight excluding hydrogens is 410 g/mol. The normalized spacial score (nSPS) is 21.8. The molecule has 2 aromatic rings. The summed E-state index contributed by atoms with van der Waals surface area (Å²) in [6.07, 6.45) is 0.525. The standard InChI is InChI=1S/C24H25N3O5/c1-25(2)13-8-14-27-22(31)21(30)19(20(29)15-9-4-7-12-18(15)28)24(27)16-10-5-6-11-17(16)26(3)23(24)32/h4-7,9-12,28-29H,8,13-14H2,1-3H3/b20-19+. The van der Waals surface area contributed by atoms with Crippen LogP contribution in [0.4, 0.5) is 5.69 Å². The third-order valence-electron chi connectivity index (χ3n) is 6.09. The molecule has 4 rings (SSSR count). The summed E-state index contributed by atoms with van der Waals surface area (Å²) in [4.78, 5) is 44.9. The number of rotatable bonds is 5. The lowest BCUT2D eigenvalue weighted by Crippen LogP contribution is -2.51. The number of carbonyl (C=O) groups is 3. The number of ketones is 1. The van der Waals surface area contributed by atoms with E-state index in [1.54, 1.807) is 43.4 Å². The van der Waals surface area contributed by atoms with Crippen molar-refractivity contribution in [3.05, 3.63) is 65.2 Å². The van der Waals surface area contributed by atoms with E-state index < -0.39 is 28.9 Å². The number of Topliss-reactive ketones (excluding diaryl/α,β-unsaturated/α-hetero) is 1. The molecule has 0 saturated carbocycles. The van der Waals surface area contributed by atoms with Crippen molar-refractivity contribution in [2.24, 2.45) is 0 Å². The zero-order chi connectivity index (χ0) is 23.2. The summed E-state index contributed by atoms with van der Waals surface area (Å²) in [6, 6.07) is 12.9. The average molecular weight is 435 g/mol. The van der Waals surface area contributed by atoms with E-state index in [0.29, 0.717) is 24.2 Å². The summed E-state index contributed by atoms with van der Waals surface area (Å²) >= 11 is 0. The van der Waals surface area contributed by atoms with Crippen LogP contribution in [0, 0.1) is 0 Å². The number of anilines is 1. The predicted molar refractivity (Wildman–Crippen MR) is 119 cm³/mol. The van der Waals surface area contributed by atoms with Crippen molar-refractivity contribution >= 4 is 29.0 Å². The lowest BCUT2D eigenvalue weighted by molar-refractivity contribution is -0.143. The van der Waals surface area contributed by atoms with Gasteiger partial charge < -0.3 is 24.9 Å². The number of likely N-dealkylation sites (tertiary alicyclic amines) is 1. The Balaban J connectivity index is 2.01. The molecule has 2 heterocycles. The van der Waals surface area contributed by atoms with Crippen molar-refractivity contribution < 1.29 is 24.6 Å². The van der Waals surface area contributed by atoms with Gasteiger partial charge in [-0.05, 0) is 45.3 Å². The number of phenols is 1. The predicted octanol–water partition coefficient (Wildman–Crippen LogP) is 1.90. The topological polar surface area (TPSA) is 101 Å². The maximum absolute atomic E-state index is 13.8. The molecule has 32 heavy (non-hydrogen) atoms. The molecule has 2 N–H and O–H groups in total. The first-order chi connectivity index (χ1) is 15.2. The number of hydrogen-bond acceptors (Lipinski definition) is 6. The van der Waals surface area contributed by atoms with Gasteiger partial charge in [0, 0.05) is 24.8 Å². The van der Waals surface area contributed by atoms with E-state index in [4.69, 9.17) is 0 Å². The maximum Gasteiger partial charge on any atom is 0.296 e. The smallest absolute Gasteiger partial charge is 0.296 e. The number of nitrogens with zero attached hydrogens (tertiary/aromatic N) is 3. The fraction of sp³-hybridized carbons (Fsp3) is 0.292. The number of carbonyl (C=O) groups excluding carboxylic acids is 3. The SMILES string of the molecule is CN(C)CCCN1C(=O)C(=O)/C(=C(\O)c2ccccc2O)C12C(=O)N(C)c1ccccc12. The lowest BCUT2D eigenvalue weighted by atomic mass is 9.81. The van der Waals surface area contributed by atoms with Crippen molar-refractivity contribution in [3.63, 3.8) is 0 Å². The Hall–Kier alpha value is -3.65. The lowest BCUT2D eigenvalue weighted by Gasteiger charge is -2.34. The van der Waals surface area contributed by atoms with Crippen LogP contribution in [0.1, 0.15) is 17.5 Å². The number of fused-ring (bicyclic) bond motifs is 2. The Morgan fingerprint density at radius 1 is 1.03 bits per heavy atom. The van der Waals surface area contributed by atoms with E-state index >= 15 is 0 Å². The highest BCUT2D eigenvalue weighted by Crippen LogP contribution is 2.53. The van der Waals surface area contributed by atoms with E-state index in [-0.39, 0.29) is 23.4 Å². The second-order valence-electron chi connectivity index (χ2n) is 8.28. The van der Waals surface area contributed by atoms with Crippen molar-refractivity contribution in [2.45, 2.75) is 12.0 Å². The van der Waals surface area contributed by atoms with Crippen LogP contribution in [0.25, 0.3) is 5.76 Å². The van der Waals surface area contributed by atoms with Gasteiger partial charge in [-0.15, -0.1) is 0 Å². The van der Waals surface area contributed by atoms with E-state index in [0.717, 1.165) is 0 Å². The van der Waals surface area contributed by atoms with Crippen LogP contribution in [-0.4, -0.2) is 71.8 Å². The van der Waals surface area contributed by atoms with Gasteiger partial charge in [-0.2, -0.15) is 0 Å². The second kappa shape index (κ2) is 7.80. The first kappa shape index (κ1) is 21.6. The van der Waals surface area contributed by atoms with Crippen LogP contribution < -0.4 is 4.90 Å². The minimum Gasteiger partial charge on any atom is -0.507 e. The van der Waals surface area contributed by atoms with Crippen LogP contribution in [0.3, 0.4) is 0 Å². The first-order valence-corrected chi connectivity index (χ1v) is 10.3. The van der Waals surface area contributed by atoms with Gasteiger partial charge in [-0.3, -0.25) is 14.4 Å². The van der Waals surface area contributed by atoms with Crippen LogP contribution in [0.2, 0.25) is 0 Å². The average Bonchev–Trinajstić information content (AvgIpc) is 3.12. The number of amides is 2. The molecule has 0 aliphatic carbocycles. The Morgan fingerprint density at radius 3 is 2.38 bits per heavy atom. The number of aliphatic hydroxyl groups is 1. The zero-order valence-corrected chi connectivity index (χ0v) is 18.2. The van der Waals surface area contributed by atoms with Crippen molar-refractivity contribution in [1.82, 2.24) is 9.80 Å². The summed E-state index contributed by atoms with van der Waals surface area (Å²) in [6.45, 7) is 0.790. The van der Waals surface area contributed by atoms with Gasteiger partial charge in [0.05, 0.1) is 11.1 Å². The molecule has 1 fully saturated rings. The minimum atomic E-state index is -1.79. The zero-order valence-electron chi connectivity index (χ0n) is 18.2. The van der Waals surface area contributed by atoms with E-state index in [1.807, 2.05) is 19.0 Å². The molecule has 0 bridgehead atoms. The van der Waals surface area contributed by atoms with Gasteiger partial charge in [0.2, 0.25) is 0 Å². The number of benzene rings is 2. The van der Waals surface area contributed by atoms with Crippen LogP contribution in [-0.2, 0) is 19.9 Å². The summed E-state index contributed by atoms with van der Waals surface area (Å²) < 4.78 is 0. The molecule has 0 radical (unpaired) electrons. The molecule has 2 aliphatic heterocycles. The van der Waals surface area contributed by atoms with Crippen molar-refractivity contribution in [3.8, 4) is 5.75 Å². The monoisotopic (exact) mass is 435 g/mol. The molecular formula is C24H25N3O5. The van der Waals surface area contributed by atoms with Crippen LogP contribution in [0.15, 0.2) is 54.1 Å². The van der Waals surface area contributed by atoms with Gasteiger partial charge in [-0.1, -0.05) is 30.3 Å². The Morgan fingerprint density at radius 2 is 1.69 bits per heavy atom. The van der Waals surface area contributed by atoms with Crippen LogP contribution in [0.5, 0.6) is 5.75 Å². The number of aliphatic hydroxyl groups excluding tert-OH is 1. The second-order valence-corrected chi connectivity index (χ2v) is 8.28. The maximum atomic E-state index is 13.8. The summed E-state index contributed by atoms with van der Waals surface area (Å²) in [5.74, 6) is -3.13. The number of para-hydroxylation sites is 2. The minimum absolute atomic E-state index is 0.0157. The highest BCUT2D eigenvalue weighted by Gasteiger charge is 2.66. The first-order valence-electron chi connectivity index (χ1n) is 10.3. The molecule has 166 valence electrons. The Labute approximate surface area is 186 Å². The molecule has 0 aromatic heterocycles. The summed E-state index contributed by atoms with van der Waals surface area (Å²) in [7, 11) is 5.37. The molecule has 1 spiro atoms. The Bertz CT molecular complexity index is 1160. The molecule has 2 amide bonds. The van der Waals surface area contributed by atoms with E-state index in [2.05, 4.69) is 0 Å². The number of phenolic OH excluding ortho intramolecular Hbond substituents is 1. The highest BCUT2D eigenvalue weighted by molar-refractivity contribution is 6.50. The van der Waals surface area contributed by atoms with Gasteiger partial charge in [0.25, 0.3) is 17.6 Å². The molecule has 1 unspecified atom stereocenters. The van der Waals surface area contributed by atoms with Crippen molar-refractivity contribution in [1.29, 1.82) is 0 Å². The van der Waals surface area contributed by atoms with Crippen LogP contribution >= 0.6 is 0 Å². The third kappa shape index (κ3) is 2.90. The number of hydrogen-bond donors (Lipinski definition) is 2. The fourth-order valence-corrected chi connectivity index (χ4v) is 4.62. The van der Waals surface area contributed by atoms with Crippen molar-refractivity contribution in [2.75, 3.05) is 39.1 Å². The number of aromatic hydroxyl groups is 1. The van der Waals surface area contributed by atoms with Gasteiger partial charge in [0.1, 0.15) is 11.5 Å². The van der Waals surface area contributed by atoms with E-state index in [1.165, 1.54) is 21.9 Å². The van der Waals surface area contributed by atoms with Gasteiger partial charge in [-0.25, -0.2) is 0 Å². The molecule has 1 atom stereocenters. The molecule has 2 aliphatic rings. The third-order valence-corrected chi connectivity index (χ3v) is 6.09. The Kier molecular flexibility index (Phi) is 5.26.